The maximum absolute atomic E-state index is 3.46. The summed E-state index contributed by atoms with van der Waals surface area (Å²) in [5.74, 6) is 3.40. The molecule has 0 aromatic rings. The Bertz CT molecular complexity index is 229. The van der Waals surface area contributed by atoms with Crippen LogP contribution in [0.5, 0.6) is 0 Å². The van der Waals surface area contributed by atoms with Crippen molar-refractivity contribution in [1.82, 2.24) is 5.32 Å². The Morgan fingerprint density at radius 3 is 2.00 bits per heavy atom. The molecule has 4 aliphatic rings. The van der Waals surface area contributed by atoms with Crippen LogP contribution in [0.2, 0.25) is 0 Å². The molecule has 4 bridgehead atoms. The van der Waals surface area contributed by atoms with Crippen LogP contribution in [-0.4, -0.2) is 13.1 Å². The molecule has 0 spiro atoms. The van der Waals surface area contributed by atoms with E-state index in [4.69, 9.17) is 0 Å². The van der Waals surface area contributed by atoms with Crippen LogP contribution in [0.1, 0.15) is 64.7 Å². The van der Waals surface area contributed by atoms with Gasteiger partial charge in [-0.25, -0.2) is 0 Å². The minimum Gasteiger partial charge on any atom is -0.317 e. The first-order valence-electron chi connectivity index (χ1n) is 8.00. The van der Waals surface area contributed by atoms with Gasteiger partial charge in [0.05, 0.1) is 0 Å². The standard InChI is InChI=1S/C16H29N.ClH/c1-2-17-6-4-3-5-16-10-13-7-14(11-16)9-15(8-13)12-16;/h13-15,17H,2-12H2,1H3;1H. The summed E-state index contributed by atoms with van der Waals surface area (Å²) < 4.78 is 0. The summed E-state index contributed by atoms with van der Waals surface area (Å²) in [6.45, 7) is 4.58. The van der Waals surface area contributed by atoms with Crippen molar-refractivity contribution in [3.63, 3.8) is 0 Å². The van der Waals surface area contributed by atoms with Crippen molar-refractivity contribution in [2.45, 2.75) is 64.7 Å². The van der Waals surface area contributed by atoms with Crippen molar-refractivity contribution in [1.29, 1.82) is 0 Å². The first-order valence-corrected chi connectivity index (χ1v) is 8.00. The van der Waals surface area contributed by atoms with Gasteiger partial charge >= 0.3 is 0 Å². The van der Waals surface area contributed by atoms with Gasteiger partial charge in [0.25, 0.3) is 0 Å². The van der Waals surface area contributed by atoms with Crippen molar-refractivity contribution in [3.8, 4) is 0 Å². The lowest BCUT2D eigenvalue weighted by Crippen LogP contribution is -2.45. The molecule has 106 valence electrons. The smallest absolute Gasteiger partial charge is 0.00490 e. The fraction of sp³-hybridized carbons (Fsp3) is 1.00. The lowest BCUT2D eigenvalue weighted by atomic mass is 9.48. The average molecular weight is 272 g/mol. The predicted molar refractivity (Wildman–Crippen MR) is 80.2 cm³/mol. The van der Waals surface area contributed by atoms with E-state index in [0.29, 0.717) is 0 Å². The van der Waals surface area contributed by atoms with Crippen molar-refractivity contribution in [2.24, 2.45) is 23.2 Å². The minimum absolute atomic E-state index is 0. The summed E-state index contributed by atoms with van der Waals surface area (Å²) in [5, 5.41) is 3.46. The van der Waals surface area contributed by atoms with Gasteiger partial charge in [0.2, 0.25) is 0 Å². The molecule has 2 heteroatoms. The lowest BCUT2D eigenvalue weighted by Gasteiger charge is -2.57. The van der Waals surface area contributed by atoms with E-state index < -0.39 is 0 Å². The molecule has 1 N–H and O–H groups in total. The Balaban J connectivity index is 0.00000120. The Hall–Kier alpha value is 0.250. The maximum Gasteiger partial charge on any atom is -0.00490 e. The molecule has 0 aliphatic heterocycles. The van der Waals surface area contributed by atoms with Gasteiger partial charge in [-0.3, -0.25) is 0 Å². The van der Waals surface area contributed by atoms with Crippen LogP contribution < -0.4 is 5.32 Å². The second-order valence-corrected chi connectivity index (χ2v) is 7.23. The van der Waals surface area contributed by atoms with Gasteiger partial charge < -0.3 is 5.32 Å². The molecule has 0 atom stereocenters. The van der Waals surface area contributed by atoms with Gasteiger partial charge in [-0.1, -0.05) is 13.3 Å². The van der Waals surface area contributed by atoms with Gasteiger partial charge in [0, 0.05) is 0 Å². The lowest BCUT2D eigenvalue weighted by molar-refractivity contribution is -0.0582. The zero-order chi connectivity index (χ0) is 11.7. The number of nitrogens with one attached hydrogen (secondary N) is 1. The summed E-state index contributed by atoms with van der Waals surface area (Å²) in [4.78, 5) is 0. The van der Waals surface area contributed by atoms with E-state index in [2.05, 4.69) is 12.2 Å². The summed E-state index contributed by atoms with van der Waals surface area (Å²) in [5.41, 5.74) is 0.820. The highest BCUT2D eigenvalue weighted by Crippen LogP contribution is 2.61. The van der Waals surface area contributed by atoms with Crippen LogP contribution >= 0.6 is 12.4 Å². The molecule has 0 unspecified atom stereocenters. The van der Waals surface area contributed by atoms with Crippen molar-refractivity contribution >= 4 is 12.4 Å². The molecule has 4 aliphatic carbocycles. The second-order valence-electron chi connectivity index (χ2n) is 7.23. The van der Waals surface area contributed by atoms with Gasteiger partial charge in [-0.2, -0.15) is 0 Å². The Labute approximate surface area is 119 Å². The molecular formula is C16H30ClN. The van der Waals surface area contributed by atoms with E-state index in [9.17, 15) is 0 Å². The predicted octanol–water partition coefficient (Wildman–Crippen LogP) is 4.40. The number of halogens is 1. The first-order chi connectivity index (χ1) is 8.30. The average Bonchev–Trinajstić information content (AvgIpc) is 2.26. The number of hydrogen-bond acceptors (Lipinski definition) is 1. The third-order valence-corrected chi connectivity index (χ3v) is 5.73. The fourth-order valence-corrected chi connectivity index (χ4v) is 5.52. The van der Waals surface area contributed by atoms with E-state index in [1.165, 1.54) is 19.4 Å². The van der Waals surface area contributed by atoms with Gasteiger partial charge in [0.15, 0.2) is 0 Å². The molecular weight excluding hydrogens is 242 g/mol. The normalized spacial score (nSPS) is 40.8. The summed E-state index contributed by atoms with van der Waals surface area (Å²) in [6, 6.07) is 0. The third kappa shape index (κ3) is 3.04. The fourth-order valence-electron chi connectivity index (χ4n) is 5.52. The molecule has 0 aromatic carbocycles. The SMILES string of the molecule is CCNCCCCC12CC3CC(CC(C3)C1)C2.Cl. The third-order valence-electron chi connectivity index (χ3n) is 5.73. The first kappa shape index (κ1) is 14.7. The molecule has 0 aromatic heterocycles. The van der Waals surface area contributed by atoms with Gasteiger partial charge in [-0.15, -0.1) is 12.4 Å². The number of rotatable bonds is 6. The second kappa shape index (κ2) is 6.13. The molecule has 4 fully saturated rings. The number of unbranched alkanes of at least 4 members (excludes halogenated alkanes) is 1. The monoisotopic (exact) mass is 271 g/mol. The zero-order valence-corrected chi connectivity index (χ0v) is 12.7. The summed E-state index contributed by atoms with van der Waals surface area (Å²) in [7, 11) is 0. The van der Waals surface area contributed by atoms with Gasteiger partial charge in [-0.05, 0) is 87.6 Å². The molecule has 1 nitrogen and oxygen atoms in total. The van der Waals surface area contributed by atoms with Crippen LogP contribution in [0.15, 0.2) is 0 Å². The summed E-state index contributed by atoms with van der Waals surface area (Å²) in [6.07, 6.45) is 14.0. The Morgan fingerprint density at radius 2 is 1.50 bits per heavy atom. The van der Waals surface area contributed by atoms with Crippen LogP contribution in [0, 0.1) is 23.2 Å². The van der Waals surface area contributed by atoms with E-state index in [-0.39, 0.29) is 12.4 Å². The summed E-state index contributed by atoms with van der Waals surface area (Å²) >= 11 is 0. The molecule has 0 heterocycles. The number of hydrogen-bond donors (Lipinski definition) is 1. The van der Waals surface area contributed by atoms with Crippen LogP contribution in [0.25, 0.3) is 0 Å². The van der Waals surface area contributed by atoms with Crippen LogP contribution in [-0.2, 0) is 0 Å². The molecule has 18 heavy (non-hydrogen) atoms. The van der Waals surface area contributed by atoms with Crippen molar-refractivity contribution < 1.29 is 0 Å². The van der Waals surface area contributed by atoms with E-state index in [1.807, 2.05) is 0 Å². The Kier molecular flexibility index (Phi) is 4.99. The van der Waals surface area contributed by atoms with Crippen molar-refractivity contribution in [3.05, 3.63) is 0 Å². The van der Waals surface area contributed by atoms with Gasteiger partial charge in [0.1, 0.15) is 0 Å². The molecule has 4 saturated carbocycles. The van der Waals surface area contributed by atoms with E-state index >= 15 is 0 Å². The van der Waals surface area contributed by atoms with Crippen LogP contribution in [0.4, 0.5) is 0 Å². The molecule has 0 radical (unpaired) electrons. The molecule has 0 saturated heterocycles. The highest BCUT2D eigenvalue weighted by molar-refractivity contribution is 5.85. The highest BCUT2D eigenvalue weighted by Gasteiger charge is 2.50. The molecule has 4 rings (SSSR count). The topological polar surface area (TPSA) is 12.0 Å². The zero-order valence-electron chi connectivity index (χ0n) is 11.9. The largest absolute Gasteiger partial charge is 0.317 e. The van der Waals surface area contributed by atoms with E-state index in [1.54, 1.807) is 44.9 Å². The quantitative estimate of drug-likeness (QED) is 0.706. The van der Waals surface area contributed by atoms with Crippen LogP contribution in [0.3, 0.4) is 0 Å². The minimum atomic E-state index is 0. The van der Waals surface area contributed by atoms with Crippen molar-refractivity contribution in [2.75, 3.05) is 13.1 Å². The highest BCUT2D eigenvalue weighted by atomic mass is 35.5. The molecule has 0 amide bonds. The maximum atomic E-state index is 3.46. The van der Waals surface area contributed by atoms with E-state index in [0.717, 1.165) is 29.7 Å². The Morgan fingerprint density at radius 1 is 0.944 bits per heavy atom.